The van der Waals surface area contributed by atoms with Crippen LogP contribution in [-0.4, -0.2) is 37.6 Å². The van der Waals surface area contributed by atoms with Crippen molar-refractivity contribution in [1.82, 2.24) is 19.8 Å². The Morgan fingerprint density at radius 1 is 1.03 bits per heavy atom. The van der Waals surface area contributed by atoms with Gasteiger partial charge in [0.15, 0.2) is 0 Å². The molecule has 0 atom stereocenters. The lowest BCUT2D eigenvalue weighted by molar-refractivity contribution is -0.0592. The van der Waals surface area contributed by atoms with Gasteiger partial charge in [-0.1, -0.05) is 37.1 Å². The second kappa shape index (κ2) is 6.93. The molecular weight excluding hydrogens is 379 g/mol. The summed E-state index contributed by atoms with van der Waals surface area (Å²) in [4.78, 5) is 46.4. The summed E-state index contributed by atoms with van der Waals surface area (Å²) in [6.45, 7) is 3.66. The Labute approximate surface area is 164 Å². The highest BCUT2D eigenvalue weighted by Crippen LogP contribution is 2.24. The number of hydrogen-bond acceptors (Lipinski definition) is 6. The minimum absolute atomic E-state index is 0.145. The highest BCUT2D eigenvalue weighted by atomic mass is 19.1. The molecule has 0 radical (unpaired) electrons. The molecule has 2 aromatic carbocycles. The summed E-state index contributed by atoms with van der Waals surface area (Å²) in [5.74, 6) is -3.13. The van der Waals surface area contributed by atoms with Gasteiger partial charge in [-0.3, -0.25) is 9.59 Å². The number of hydroxylamine groups is 2. The quantitative estimate of drug-likeness (QED) is 0.632. The number of halogens is 1. The van der Waals surface area contributed by atoms with Crippen LogP contribution in [0.2, 0.25) is 0 Å². The molecule has 0 aliphatic carbocycles. The summed E-state index contributed by atoms with van der Waals surface area (Å²) in [5, 5.41) is 4.49. The van der Waals surface area contributed by atoms with Crippen LogP contribution >= 0.6 is 0 Å². The van der Waals surface area contributed by atoms with Crippen molar-refractivity contribution in [3.8, 4) is 5.69 Å². The van der Waals surface area contributed by atoms with Crippen molar-refractivity contribution in [3.63, 3.8) is 0 Å². The summed E-state index contributed by atoms with van der Waals surface area (Å²) in [6, 6.07) is 11.8. The van der Waals surface area contributed by atoms with E-state index in [1.165, 1.54) is 35.0 Å². The fraction of sp³-hybridized carbons (Fsp3) is 0.150. The SMILES string of the molecule is CC(C)c1nc(C(=O)ON2C(=O)c3ccccc3C2=O)nn1-c1cccc(F)c1. The van der Waals surface area contributed by atoms with E-state index in [9.17, 15) is 18.8 Å². The minimum Gasteiger partial charge on any atom is -0.321 e. The number of rotatable bonds is 4. The predicted octanol–water partition coefficient (Wildman–Crippen LogP) is 2.90. The zero-order chi connectivity index (χ0) is 20.7. The predicted molar refractivity (Wildman–Crippen MR) is 97.8 cm³/mol. The van der Waals surface area contributed by atoms with Gasteiger partial charge in [0.1, 0.15) is 11.6 Å². The smallest absolute Gasteiger partial charge is 0.321 e. The van der Waals surface area contributed by atoms with E-state index in [2.05, 4.69) is 10.1 Å². The number of benzene rings is 2. The first-order chi connectivity index (χ1) is 13.9. The van der Waals surface area contributed by atoms with Gasteiger partial charge >= 0.3 is 5.97 Å². The lowest BCUT2D eigenvalue weighted by atomic mass is 10.1. The van der Waals surface area contributed by atoms with Gasteiger partial charge in [-0.25, -0.2) is 18.9 Å². The third kappa shape index (κ3) is 3.16. The third-order valence-corrected chi connectivity index (χ3v) is 4.31. The van der Waals surface area contributed by atoms with Crippen molar-refractivity contribution >= 4 is 17.8 Å². The Balaban J connectivity index is 1.64. The average Bonchev–Trinajstić information content (AvgIpc) is 3.25. The van der Waals surface area contributed by atoms with E-state index >= 15 is 0 Å². The molecule has 2 heterocycles. The van der Waals surface area contributed by atoms with Crippen LogP contribution < -0.4 is 0 Å². The van der Waals surface area contributed by atoms with Crippen LogP contribution in [0.5, 0.6) is 0 Å². The van der Waals surface area contributed by atoms with E-state index in [-0.39, 0.29) is 22.9 Å². The van der Waals surface area contributed by atoms with Crippen LogP contribution in [0.15, 0.2) is 48.5 Å². The molecule has 8 nitrogen and oxygen atoms in total. The van der Waals surface area contributed by atoms with Gasteiger partial charge in [-0.05, 0) is 30.3 Å². The number of fused-ring (bicyclic) bond motifs is 1. The molecule has 0 bridgehead atoms. The summed E-state index contributed by atoms with van der Waals surface area (Å²) < 4.78 is 14.9. The normalized spacial score (nSPS) is 13.2. The van der Waals surface area contributed by atoms with Crippen molar-refractivity contribution in [1.29, 1.82) is 0 Å². The van der Waals surface area contributed by atoms with E-state index in [1.54, 1.807) is 18.2 Å². The largest absolute Gasteiger partial charge is 0.403 e. The van der Waals surface area contributed by atoms with Gasteiger partial charge in [-0.2, -0.15) is 0 Å². The van der Waals surface area contributed by atoms with Gasteiger partial charge < -0.3 is 4.84 Å². The van der Waals surface area contributed by atoms with E-state index in [4.69, 9.17) is 4.84 Å². The number of amides is 2. The molecule has 9 heteroatoms. The number of hydrogen-bond donors (Lipinski definition) is 0. The Morgan fingerprint density at radius 3 is 2.28 bits per heavy atom. The molecule has 29 heavy (non-hydrogen) atoms. The average molecular weight is 394 g/mol. The second-order valence-electron chi connectivity index (χ2n) is 6.67. The van der Waals surface area contributed by atoms with Crippen LogP contribution in [0.4, 0.5) is 4.39 Å². The molecule has 0 N–H and O–H groups in total. The van der Waals surface area contributed by atoms with Crippen molar-refractivity contribution in [2.45, 2.75) is 19.8 Å². The Hall–Kier alpha value is -3.88. The molecule has 0 unspecified atom stereocenters. The van der Waals surface area contributed by atoms with Crippen LogP contribution in [0.1, 0.15) is 56.9 Å². The maximum absolute atomic E-state index is 13.6. The third-order valence-electron chi connectivity index (χ3n) is 4.31. The fourth-order valence-corrected chi connectivity index (χ4v) is 2.96. The Morgan fingerprint density at radius 2 is 1.69 bits per heavy atom. The van der Waals surface area contributed by atoms with E-state index < -0.39 is 23.6 Å². The van der Waals surface area contributed by atoms with Crippen LogP contribution in [0.25, 0.3) is 5.69 Å². The molecule has 0 fully saturated rings. The Bertz CT molecular complexity index is 1120. The number of imide groups is 1. The summed E-state index contributed by atoms with van der Waals surface area (Å²) in [5.41, 5.74) is 0.666. The number of aromatic nitrogens is 3. The molecule has 0 spiro atoms. The molecule has 0 saturated carbocycles. The first kappa shape index (κ1) is 18.5. The van der Waals surface area contributed by atoms with Gasteiger partial charge in [0.2, 0.25) is 0 Å². The number of carbonyl (C=O) groups is 3. The summed E-state index contributed by atoms with van der Waals surface area (Å²) >= 11 is 0. The monoisotopic (exact) mass is 394 g/mol. The molecular formula is C20H15FN4O4. The molecule has 2 amide bonds. The van der Waals surface area contributed by atoms with Crippen LogP contribution in [-0.2, 0) is 4.84 Å². The van der Waals surface area contributed by atoms with E-state index in [1.807, 2.05) is 13.8 Å². The molecule has 4 rings (SSSR count). The fourth-order valence-electron chi connectivity index (χ4n) is 2.96. The van der Waals surface area contributed by atoms with Gasteiger partial charge in [0.25, 0.3) is 17.6 Å². The van der Waals surface area contributed by atoms with Gasteiger partial charge in [0.05, 0.1) is 16.8 Å². The molecule has 1 aliphatic rings. The van der Waals surface area contributed by atoms with E-state index in [0.29, 0.717) is 16.6 Å². The summed E-state index contributed by atoms with van der Waals surface area (Å²) in [7, 11) is 0. The van der Waals surface area contributed by atoms with Crippen LogP contribution in [0.3, 0.4) is 0 Å². The maximum Gasteiger partial charge on any atom is 0.403 e. The molecule has 3 aromatic rings. The standard InChI is InChI=1S/C20H15FN4O4/c1-11(2)17-22-16(23-24(17)13-7-5-6-12(21)10-13)20(28)29-25-18(26)14-8-3-4-9-15(14)19(25)27/h3-11H,1-2H3. The first-order valence-electron chi connectivity index (χ1n) is 8.80. The van der Waals surface area contributed by atoms with Crippen molar-refractivity contribution < 1.29 is 23.6 Å². The Kier molecular flexibility index (Phi) is 4.42. The highest BCUT2D eigenvalue weighted by molar-refractivity contribution is 6.21. The van der Waals surface area contributed by atoms with Crippen LogP contribution in [0, 0.1) is 5.82 Å². The second-order valence-corrected chi connectivity index (χ2v) is 6.67. The van der Waals surface area contributed by atoms with Crippen molar-refractivity contribution in [3.05, 3.63) is 77.1 Å². The van der Waals surface area contributed by atoms with Gasteiger partial charge in [-0.15, -0.1) is 5.10 Å². The lowest BCUT2D eigenvalue weighted by Crippen LogP contribution is -2.33. The maximum atomic E-state index is 13.6. The lowest BCUT2D eigenvalue weighted by Gasteiger charge is -2.10. The molecule has 146 valence electrons. The highest BCUT2D eigenvalue weighted by Gasteiger charge is 2.39. The van der Waals surface area contributed by atoms with Gasteiger partial charge in [0, 0.05) is 5.92 Å². The van der Waals surface area contributed by atoms with E-state index in [0.717, 1.165) is 0 Å². The zero-order valence-corrected chi connectivity index (χ0v) is 15.5. The molecule has 1 aromatic heterocycles. The minimum atomic E-state index is -1.07. The molecule has 0 saturated heterocycles. The zero-order valence-electron chi connectivity index (χ0n) is 15.5. The van der Waals surface area contributed by atoms with Crippen molar-refractivity contribution in [2.24, 2.45) is 0 Å². The number of carbonyl (C=O) groups excluding carboxylic acids is 3. The topological polar surface area (TPSA) is 94.4 Å². The first-order valence-corrected chi connectivity index (χ1v) is 8.80. The summed E-state index contributed by atoms with van der Waals surface area (Å²) in [6.07, 6.45) is 0. The molecule has 1 aliphatic heterocycles. The number of nitrogens with zero attached hydrogens (tertiary/aromatic N) is 4. The van der Waals surface area contributed by atoms with Crippen molar-refractivity contribution in [2.75, 3.05) is 0 Å².